The molecule has 20 nitrogen and oxygen atoms in total. The zero-order chi connectivity index (χ0) is 29.6. The van der Waals surface area contributed by atoms with E-state index in [9.17, 15) is 44.1 Å². The highest BCUT2D eigenvalue weighted by molar-refractivity contribution is 7.59. The van der Waals surface area contributed by atoms with Crippen LogP contribution in [0.15, 0.2) is 12.7 Å². The predicted octanol–water partition coefficient (Wildman–Crippen LogP) is -4.01. The highest BCUT2D eigenvalue weighted by Crippen LogP contribution is 2.56. The third-order valence-electron chi connectivity index (χ3n) is 6.14. The van der Waals surface area contributed by atoms with E-state index in [1.165, 1.54) is 17.8 Å². The van der Waals surface area contributed by atoms with Gasteiger partial charge in [0.1, 0.15) is 41.9 Å². The Hall–Kier alpha value is -2.16. The Morgan fingerprint density at radius 3 is 2.52 bits per heavy atom. The number of rotatable bonds is 10. The maximum absolute atomic E-state index is 12.3. The number of fused-ring (bicyclic) bond motifs is 1. The average molecular weight is 612 g/mol. The van der Waals surface area contributed by atoms with Crippen LogP contribution in [-0.2, 0) is 36.8 Å². The number of phosphoric ester groups is 2. The largest absolute Gasteiger partial charge is 0.756 e. The zero-order valence-corrected chi connectivity index (χ0v) is 22.5. The Bertz CT molecular complexity index is 1350. The number of carbonyl (C=O) groups is 1. The monoisotopic (exact) mass is 612 g/mol. The van der Waals surface area contributed by atoms with Crippen molar-refractivity contribution >= 4 is 38.5 Å². The van der Waals surface area contributed by atoms with Crippen molar-refractivity contribution < 1.29 is 67.0 Å². The summed E-state index contributed by atoms with van der Waals surface area (Å²) in [7, 11) is -11.4. The fraction of sp³-hybridized carbons (Fsp3) is 0.667. The first kappa shape index (κ1) is 30.8. The van der Waals surface area contributed by atoms with E-state index >= 15 is 0 Å². The van der Waals surface area contributed by atoms with Crippen molar-refractivity contribution in [1.29, 1.82) is 0 Å². The van der Waals surface area contributed by atoms with Crippen LogP contribution >= 0.6 is 15.6 Å². The van der Waals surface area contributed by atoms with Crippen molar-refractivity contribution in [1.82, 2.24) is 24.8 Å². The van der Waals surface area contributed by atoms with E-state index < -0.39 is 83.3 Å². The maximum Gasteiger partial charge on any atom is 0.274 e. The van der Waals surface area contributed by atoms with Crippen molar-refractivity contribution in [3.05, 3.63) is 12.7 Å². The lowest BCUT2D eigenvalue weighted by Crippen LogP contribution is -2.48. The van der Waals surface area contributed by atoms with Crippen LogP contribution in [0.25, 0.3) is 11.2 Å². The molecule has 2 aromatic rings. The molecule has 4 heterocycles. The molecule has 10 atom stereocenters. The number of aliphatic hydroxyl groups is 4. The second-order valence-electron chi connectivity index (χ2n) is 9.17. The number of anilines is 1. The molecule has 224 valence electrons. The number of ether oxygens (including phenoxy) is 2. The number of imidazole rings is 1. The summed E-state index contributed by atoms with van der Waals surface area (Å²) in [5.74, 6) is -0.601. The maximum atomic E-state index is 12.3. The predicted molar refractivity (Wildman–Crippen MR) is 123 cm³/mol. The van der Waals surface area contributed by atoms with Crippen molar-refractivity contribution in [2.45, 2.75) is 62.4 Å². The lowest BCUT2D eigenvalue weighted by atomic mass is 9.99. The molecular formula is C18H26N6O14P2-2. The first-order chi connectivity index (χ1) is 18.5. The van der Waals surface area contributed by atoms with Gasteiger partial charge in [0.25, 0.3) is 15.6 Å². The van der Waals surface area contributed by atoms with Crippen LogP contribution in [0.1, 0.15) is 20.1 Å². The Balaban J connectivity index is 1.38. The lowest BCUT2D eigenvalue weighted by molar-refractivity contribution is -0.249. The fourth-order valence-electron chi connectivity index (χ4n) is 4.17. The van der Waals surface area contributed by atoms with E-state index in [-0.39, 0.29) is 17.0 Å². The van der Waals surface area contributed by atoms with Crippen LogP contribution in [-0.4, -0.2) is 101 Å². The lowest BCUT2D eigenvalue weighted by Gasteiger charge is -2.34. The first-order valence-corrected chi connectivity index (χ1v) is 14.3. The van der Waals surface area contributed by atoms with Gasteiger partial charge in [0.15, 0.2) is 24.0 Å². The quantitative estimate of drug-likeness (QED) is 0.139. The van der Waals surface area contributed by atoms with E-state index in [0.717, 1.165) is 13.3 Å². The molecule has 0 bridgehead atoms. The molecule has 22 heteroatoms. The smallest absolute Gasteiger partial charge is 0.274 e. The van der Waals surface area contributed by atoms with Gasteiger partial charge < -0.3 is 59.8 Å². The van der Waals surface area contributed by atoms with Crippen molar-refractivity contribution in [3.8, 4) is 0 Å². The number of nitrogens with two attached hydrogens (primary N) is 1. The van der Waals surface area contributed by atoms with Gasteiger partial charge in [-0.15, -0.1) is 0 Å². The Morgan fingerprint density at radius 2 is 1.85 bits per heavy atom. The third-order valence-corrected chi connectivity index (χ3v) is 8.65. The minimum atomic E-state index is -5.69. The van der Waals surface area contributed by atoms with Crippen LogP contribution < -0.4 is 20.8 Å². The number of aliphatic hydroxyl groups excluding tert-OH is 4. The van der Waals surface area contributed by atoms with Gasteiger partial charge in [0.2, 0.25) is 5.91 Å². The topological polar surface area (TPSA) is 306 Å². The number of nitrogens with one attached hydrogen (secondary N) is 1. The molecule has 0 radical (unpaired) electrons. The first-order valence-electron chi connectivity index (χ1n) is 11.4. The number of nitrogens with zero attached hydrogens (tertiary/aromatic N) is 4. The second-order valence-corrected chi connectivity index (χ2v) is 12.1. The number of hydrogen-bond acceptors (Lipinski definition) is 18. The number of phosphoric acid groups is 2. The minimum absolute atomic E-state index is 0.0362. The second kappa shape index (κ2) is 11.3. The Labute approximate surface area is 224 Å². The molecule has 2 aliphatic heterocycles. The van der Waals surface area contributed by atoms with Gasteiger partial charge in [0.05, 0.1) is 25.6 Å². The summed E-state index contributed by atoms with van der Waals surface area (Å²) >= 11 is 0. The van der Waals surface area contributed by atoms with Gasteiger partial charge >= 0.3 is 0 Å². The van der Waals surface area contributed by atoms with Gasteiger partial charge in [-0.1, -0.05) is 0 Å². The summed E-state index contributed by atoms with van der Waals surface area (Å²) in [6.45, 7) is 0.310. The molecule has 2 fully saturated rings. The highest BCUT2D eigenvalue weighted by Gasteiger charge is 2.53. The minimum Gasteiger partial charge on any atom is -0.756 e. The van der Waals surface area contributed by atoms with E-state index in [0.29, 0.717) is 0 Å². The van der Waals surface area contributed by atoms with E-state index in [2.05, 4.69) is 33.6 Å². The van der Waals surface area contributed by atoms with Crippen LogP contribution in [0.4, 0.5) is 5.82 Å². The van der Waals surface area contributed by atoms with Crippen molar-refractivity contribution in [2.75, 3.05) is 18.9 Å². The number of aromatic nitrogens is 4. The van der Waals surface area contributed by atoms with E-state index in [1.54, 1.807) is 0 Å². The molecule has 4 rings (SSSR count). The molecule has 2 aromatic heterocycles. The molecule has 0 spiro atoms. The molecule has 7 N–H and O–H groups in total. The summed E-state index contributed by atoms with van der Waals surface area (Å²) in [5, 5.41) is 42.9. The number of hydrogen-bond donors (Lipinski definition) is 6. The van der Waals surface area contributed by atoms with Crippen LogP contribution in [0.5, 0.6) is 0 Å². The van der Waals surface area contributed by atoms with Gasteiger partial charge in [-0.3, -0.25) is 18.5 Å². The van der Waals surface area contributed by atoms with E-state index in [1.807, 2.05) is 0 Å². The fourth-order valence-corrected chi connectivity index (χ4v) is 6.27. The summed E-state index contributed by atoms with van der Waals surface area (Å²) in [6.07, 6.45) is -7.19. The van der Waals surface area contributed by atoms with Gasteiger partial charge in [-0.05, 0) is 6.92 Å². The number of nitrogen functional groups attached to an aromatic ring is 1. The normalized spacial score (nSPS) is 35.5. The average Bonchev–Trinajstić information content (AvgIpc) is 3.47. The standard InChI is InChI=1S/C18H28N6O14P2/c1-7(25)23-9-8(36-17(29)11(9)26)3-34-39(30,31)38-40(32,33)35-4-18(2)13(28)12(27)16(37-18)24-6-22-10-14(19)20-5-21-15(10)24/h5-6,8-9,11-13,16-17,26-29H,3-4H2,1-2H3,(H,23,25)(H,30,31)(H,32,33)(H2,19,20,21)/p-2/t8-,9+,11?,12?,13?,16+,17?,18-/m1/s1. The molecule has 0 aliphatic carbocycles. The van der Waals surface area contributed by atoms with Gasteiger partial charge in [-0.2, -0.15) is 0 Å². The molecule has 2 saturated heterocycles. The summed E-state index contributed by atoms with van der Waals surface area (Å²) in [5.41, 5.74) is 4.15. The van der Waals surface area contributed by atoms with Crippen molar-refractivity contribution in [3.63, 3.8) is 0 Å². The summed E-state index contributed by atoms with van der Waals surface area (Å²) < 4.78 is 49.4. The van der Waals surface area contributed by atoms with Gasteiger partial charge in [0, 0.05) is 6.92 Å². The molecule has 0 aromatic carbocycles. The molecule has 0 saturated carbocycles. The molecule has 6 unspecified atom stereocenters. The van der Waals surface area contributed by atoms with Crippen molar-refractivity contribution in [2.24, 2.45) is 0 Å². The third kappa shape index (κ3) is 6.34. The molecule has 40 heavy (non-hydrogen) atoms. The summed E-state index contributed by atoms with van der Waals surface area (Å²) in [6, 6.07) is -1.28. The van der Waals surface area contributed by atoms with E-state index in [4.69, 9.17) is 15.2 Å². The number of carbonyl (C=O) groups excluding carboxylic acids is 1. The number of amides is 1. The Morgan fingerprint density at radius 1 is 1.18 bits per heavy atom. The SMILES string of the molecule is CC(=O)N[C@@H]1C(O)C(O)O[C@@H]1COP(=O)([O-])OP(=O)([O-])OC[C@@]1(C)O[C@H](n2cnc3c(N)ncnc32)C(O)C1O. The molecular weight excluding hydrogens is 586 g/mol. The highest BCUT2D eigenvalue weighted by atomic mass is 31.3. The molecule has 1 amide bonds. The zero-order valence-electron chi connectivity index (χ0n) is 20.7. The van der Waals surface area contributed by atoms with Crippen LogP contribution in [0.2, 0.25) is 0 Å². The van der Waals surface area contributed by atoms with Crippen LogP contribution in [0, 0.1) is 0 Å². The summed E-state index contributed by atoms with van der Waals surface area (Å²) in [4.78, 5) is 47.6. The van der Waals surface area contributed by atoms with Crippen LogP contribution in [0.3, 0.4) is 0 Å². The molecule has 2 aliphatic rings. The van der Waals surface area contributed by atoms with Gasteiger partial charge in [-0.25, -0.2) is 19.3 Å². The Kier molecular flexibility index (Phi) is 8.66.